The van der Waals surface area contributed by atoms with Crippen molar-refractivity contribution in [3.05, 3.63) is 35.0 Å². The van der Waals surface area contributed by atoms with Gasteiger partial charge < -0.3 is 14.2 Å². The summed E-state index contributed by atoms with van der Waals surface area (Å²) in [6.45, 7) is 6.67. The SMILES string of the molecule is COC(=O)[C@@H]1C[C@]2(CC(Cl)c3c(c(C)nc4c(C(F)(F)F)cccc34)O2)CN1C(=O)OC(C)(C)C. The molecule has 190 valence electrons. The highest BCUT2D eigenvalue weighted by Crippen LogP contribution is 2.52. The number of para-hydroxylation sites is 1. The molecule has 2 aliphatic rings. The molecule has 3 heterocycles. The fourth-order valence-corrected chi connectivity index (χ4v) is 5.30. The van der Waals surface area contributed by atoms with E-state index in [9.17, 15) is 22.8 Å². The number of aromatic nitrogens is 1. The molecule has 7 nitrogen and oxygen atoms in total. The number of likely N-dealkylation sites (tertiary alicyclic amines) is 1. The number of fused-ring (bicyclic) bond motifs is 3. The van der Waals surface area contributed by atoms with E-state index in [2.05, 4.69) is 4.98 Å². The lowest BCUT2D eigenvalue weighted by atomic mass is 9.86. The molecule has 2 aliphatic heterocycles. The van der Waals surface area contributed by atoms with Crippen molar-refractivity contribution in [3.8, 4) is 5.75 Å². The molecule has 4 rings (SSSR count). The van der Waals surface area contributed by atoms with Crippen LogP contribution in [0.15, 0.2) is 18.2 Å². The van der Waals surface area contributed by atoms with Gasteiger partial charge in [0.1, 0.15) is 23.0 Å². The smallest absolute Gasteiger partial charge is 0.418 e. The van der Waals surface area contributed by atoms with Gasteiger partial charge in [0.05, 0.1) is 35.8 Å². The van der Waals surface area contributed by atoms with Gasteiger partial charge in [-0.05, 0) is 33.8 Å². The molecule has 1 aromatic carbocycles. The maximum Gasteiger partial charge on any atom is 0.418 e. The molecule has 2 aromatic rings. The highest BCUT2D eigenvalue weighted by Gasteiger charge is 2.55. The molecule has 11 heteroatoms. The normalized spacial score (nSPS) is 24.3. The molecule has 0 bridgehead atoms. The number of hydrogen-bond acceptors (Lipinski definition) is 6. The molecule has 1 unspecified atom stereocenters. The summed E-state index contributed by atoms with van der Waals surface area (Å²) in [6, 6.07) is 2.85. The Labute approximate surface area is 205 Å². The zero-order valence-electron chi connectivity index (χ0n) is 20.0. The van der Waals surface area contributed by atoms with Gasteiger partial charge in [0, 0.05) is 23.8 Å². The highest BCUT2D eigenvalue weighted by molar-refractivity contribution is 6.22. The Balaban J connectivity index is 1.77. The van der Waals surface area contributed by atoms with Crippen LogP contribution < -0.4 is 4.74 Å². The number of benzene rings is 1. The van der Waals surface area contributed by atoms with Crippen molar-refractivity contribution in [1.82, 2.24) is 9.88 Å². The zero-order valence-corrected chi connectivity index (χ0v) is 20.7. The number of nitrogens with zero attached hydrogens (tertiary/aromatic N) is 2. The average molecular weight is 515 g/mol. The van der Waals surface area contributed by atoms with Crippen molar-refractivity contribution in [2.24, 2.45) is 0 Å². The molecular weight excluding hydrogens is 489 g/mol. The minimum Gasteiger partial charge on any atom is -0.483 e. The fourth-order valence-electron chi connectivity index (χ4n) is 4.80. The van der Waals surface area contributed by atoms with E-state index in [1.165, 1.54) is 24.1 Å². The van der Waals surface area contributed by atoms with Crippen LogP contribution in [0.25, 0.3) is 10.9 Å². The molecular formula is C24H26ClF3N2O5. The summed E-state index contributed by atoms with van der Waals surface area (Å²) in [5, 5.41) is -0.495. The van der Waals surface area contributed by atoms with Gasteiger partial charge >= 0.3 is 18.2 Å². The molecule has 1 fully saturated rings. The number of methoxy groups -OCH3 is 1. The third-order valence-electron chi connectivity index (χ3n) is 6.17. The Bertz CT molecular complexity index is 1200. The quantitative estimate of drug-likeness (QED) is 0.367. The van der Waals surface area contributed by atoms with Crippen LogP contribution in [-0.2, 0) is 20.4 Å². The van der Waals surface area contributed by atoms with Gasteiger partial charge in [0.2, 0.25) is 0 Å². The monoisotopic (exact) mass is 514 g/mol. The second-order valence-electron chi connectivity index (χ2n) is 9.95. The first kappa shape index (κ1) is 25.3. The summed E-state index contributed by atoms with van der Waals surface area (Å²) in [6.07, 6.45) is -5.04. The van der Waals surface area contributed by atoms with Gasteiger partial charge in [-0.15, -0.1) is 11.6 Å². The van der Waals surface area contributed by atoms with Crippen molar-refractivity contribution in [1.29, 1.82) is 0 Å². The summed E-state index contributed by atoms with van der Waals surface area (Å²) in [5.74, 6) is -0.367. The third kappa shape index (κ3) is 4.60. The number of aryl methyl sites for hydroxylation is 1. The van der Waals surface area contributed by atoms with Crippen molar-refractivity contribution < 1.29 is 37.0 Å². The average Bonchev–Trinajstić information content (AvgIpc) is 3.09. The van der Waals surface area contributed by atoms with Crippen molar-refractivity contribution in [2.45, 2.75) is 69.3 Å². The van der Waals surface area contributed by atoms with E-state index in [4.69, 9.17) is 25.8 Å². The largest absolute Gasteiger partial charge is 0.483 e. The first-order valence-electron chi connectivity index (χ1n) is 11.1. The second-order valence-corrected chi connectivity index (χ2v) is 10.5. The molecule has 0 saturated carbocycles. The Morgan fingerprint density at radius 2 is 1.91 bits per heavy atom. The van der Waals surface area contributed by atoms with Crippen LogP contribution in [0, 0.1) is 6.92 Å². The minimum atomic E-state index is -4.58. The zero-order chi connectivity index (χ0) is 25.9. The van der Waals surface area contributed by atoms with E-state index < -0.39 is 46.4 Å². The standard InChI is InChI=1S/C24H26ClF3N2O5/c1-12-19-17(13-7-6-8-14(18(13)29-12)24(26,27)28)15(25)9-23(34-19)10-16(20(31)33-5)30(11-23)21(32)35-22(2,3)4/h6-8,15-16H,9-11H2,1-5H3/t15?,16-,23+/m0/s1. The van der Waals surface area contributed by atoms with Crippen molar-refractivity contribution >= 4 is 34.6 Å². The molecule has 1 spiro atoms. The lowest BCUT2D eigenvalue weighted by Gasteiger charge is -2.39. The number of ether oxygens (including phenoxy) is 3. The molecule has 0 N–H and O–H groups in total. The van der Waals surface area contributed by atoms with E-state index >= 15 is 0 Å². The van der Waals surface area contributed by atoms with Crippen molar-refractivity contribution in [3.63, 3.8) is 0 Å². The minimum absolute atomic E-state index is 0.00952. The number of carbonyl (C=O) groups is 2. The highest BCUT2D eigenvalue weighted by atomic mass is 35.5. The molecule has 3 atom stereocenters. The van der Waals surface area contributed by atoms with Gasteiger partial charge in [-0.3, -0.25) is 4.90 Å². The summed E-state index contributed by atoms with van der Waals surface area (Å²) >= 11 is 6.79. The lowest BCUT2D eigenvalue weighted by Crippen LogP contribution is -2.46. The molecule has 0 aliphatic carbocycles. The van der Waals surface area contributed by atoms with Gasteiger partial charge in [0.15, 0.2) is 0 Å². The van der Waals surface area contributed by atoms with Crippen LogP contribution in [0.5, 0.6) is 5.75 Å². The van der Waals surface area contributed by atoms with E-state index in [-0.39, 0.29) is 41.7 Å². The van der Waals surface area contributed by atoms with E-state index in [0.29, 0.717) is 5.56 Å². The topological polar surface area (TPSA) is 78.0 Å². The van der Waals surface area contributed by atoms with Crippen molar-refractivity contribution in [2.75, 3.05) is 13.7 Å². The number of halogens is 4. The number of esters is 1. The molecule has 35 heavy (non-hydrogen) atoms. The Hall–Kier alpha value is -2.75. The van der Waals surface area contributed by atoms with Crippen LogP contribution in [0.4, 0.5) is 18.0 Å². The maximum absolute atomic E-state index is 13.6. The number of amides is 1. The van der Waals surface area contributed by atoms with Gasteiger partial charge in [0.25, 0.3) is 0 Å². The van der Waals surface area contributed by atoms with E-state index in [0.717, 1.165) is 6.07 Å². The maximum atomic E-state index is 13.6. The number of carbonyl (C=O) groups excluding carboxylic acids is 2. The van der Waals surface area contributed by atoms with Crippen LogP contribution in [0.3, 0.4) is 0 Å². The predicted octanol–water partition coefficient (Wildman–Crippen LogP) is 5.55. The number of alkyl halides is 4. The third-order valence-corrected chi connectivity index (χ3v) is 6.54. The first-order chi connectivity index (χ1) is 16.2. The Kier molecular flexibility index (Phi) is 6.10. The number of hydrogen-bond donors (Lipinski definition) is 0. The molecule has 1 saturated heterocycles. The summed E-state index contributed by atoms with van der Waals surface area (Å²) in [7, 11) is 1.22. The van der Waals surface area contributed by atoms with E-state index in [1.807, 2.05) is 0 Å². The fraction of sp³-hybridized carbons (Fsp3) is 0.542. The molecule has 1 aromatic heterocycles. The first-order valence-corrected chi connectivity index (χ1v) is 11.5. The number of pyridine rings is 1. The van der Waals surface area contributed by atoms with Gasteiger partial charge in [-0.25, -0.2) is 14.6 Å². The van der Waals surface area contributed by atoms with E-state index in [1.54, 1.807) is 27.7 Å². The van der Waals surface area contributed by atoms with Crippen LogP contribution >= 0.6 is 11.6 Å². The van der Waals surface area contributed by atoms with Gasteiger partial charge in [-0.1, -0.05) is 12.1 Å². The molecule has 1 amide bonds. The predicted molar refractivity (Wildman–Crippen MR) is 121 cm³/mol. The van der Waals surface area contributed by atoms with Crippen LogP contribution in [0.1, 0.15) is 55.8 Å². The summed E-state index contributed by atoms with van der Waals surface area (Å²) in [5.41, 5.74) is -2.27. The Morgan fingerprint density at radius 1 is 1.23 bits per heavy atom. The summed E-state index contributed by atoms with van der Waals surface area (Å²) in [4.78, 5) is 30.9. The van der Waals surface area contributed by atoms with Gasteiger partial charge in [-0.2, -0.15) is 13.2 Å². The number of rotatable bonds is 1. The van der Waals surface area contributed by atoms with Crippen LogP contribution in [-0.4, -0.2) is 52.8 Å². The Morgan fingerprint density at radius 3 is 2.51 bits per heavy atom. The summed E-state index contributed by atoms with van der Waals surface area (Å²) < 4.78 is 57.6. The second kappa shape index (κ2) is 8.43. The van der Waals surface area contributed by atoms with Crippen LogP contribution in [0.2, 0.25) is 0 Å². The lowest BCUT2D eigenvalue weighted by molar-refractivity contribution is -0.145. The molecule has 0 radical (unpaired) electrons.